The number of fused-ring (bicyclic) bond motifs is 1. The van der Waals surface area contributed by atoms with Crippen molar-refractivity contribution in [2.75, 3.05) is 25.0 Å². The molecule has 2 heterocycles. The summed E-state index contributed by atoms with van der Waals surface area (Å²) in [6, 6.07) is 5.82. The molecule has 0 bridgehead atoms. The molecule has 1 saturated heterocycles. The van der Waals surface area contributed by atoms with Gasteiger partial charge in [-0.25, -0.2) is 18.4 Å². The molecule has 0 atom stereocenters. The fraction of sp³-hybridized carbons (Fsp3) is 0.500. The molecule has 1 aliphatic rings. The van der Waals surface area contributed by atoms with Gasteiger partial charge in [-0.15, -0.1) is 0 Å². The zero-order valence-corrected chi connectivity index (χ0v) is 14.9. The lowest BCUT2D eigenvalue weighted by Gasteiger charge is -2.31. The molecule has 6 nitrogen and oxygen atoms in total. The lowest BCUT2D eigenvalue weighted by molar-refractivity contribution is -0.0496. The Hall–Kier alpha value is -1.94. The molecule has 1 aromatic heterocycles. The first-order chi connectivity index (χ1) is 12.2. The first-order valence-electron chi connectivity index (χ1n) is 8.20. The molecule has 0 spiro atoms. The molecule has 0 unspecified atom stereocenters. The monoisotopic (exact) mass is 388 g/mol. The second kappa shape index (κ2) is 6.99. The third kappa shape index (κ3) is 3.75. The van der Waals surface area contributed by atoms with Gasteiger partial charge in [-0.2, -0.15) is 17.5 Å². The van der Waals surface area contributed by atoms with Gasteiger partial charge in [0.25, 0.3) is 0 Å². The van der Waals surface area contributed by atoms with Crippen LogP contribution in [0.3, 0.4) is 0 Å². The average Bonchev–Trinajstić information content (AvgIpc) is 2.59. The minimum absolute atomic E-state index is 0.0736. The van der Waals surface area contributed by atoms with E-state index in [2.05, 4.69) is 15.3 Å². The number of aryl methyl sites for hydroxylation is 1. The van der Waals surface area contributed by atoms with Crippen molar-refractivity contribution < 1.29 is 21.6 Å². The number of alkyl halides is 3. The number of hydrogen-bond donors (Lipinski definition) is 1. The quantitative estimate of drug-likeness (QED) is 0.872. The average molecular weight is 388 g/mol. The van der Waals surface area contributed by atoms with Crippen LogP contribution < -0.4 is 5.32 Å². The number of aromatic nitrogens is 2. The Morgan fingerprint density at radius 3 is 2.58 bits per heavy atom. The number of halogens is 3. The molecule has 0 radical (unpaired) electrons. The van der Waals surface area contributed by atoms with Crippen LogP contribution in [0.5, 0.6) is 0 Å². The van der Waals surface area contributed by atoms with Crippen LogP contribution >= 0.6 is 0 Å². The maximum atomic E-state index is 12.6. The first kappa shape index (κ1) is 18.8. The van der Waals surface area contributed by atoms with Crippen LogP contribution in [-0.2, 0) is 10.0 Å². The summed E-state index contributed by atoms with van der Waals surface area (Å²) < 4.78 is 61.2. The van der Waals surface area contributed by atoms with Gasteiger partial charge in [0.05, 0.1) is 5.52 Å². The molecule has 0 aliphatic carbocycles. The lowest BCUT2D eigenvalue weighted by Crippen LogP contribution is -2.45. The molecular formula is C16H19F3N4O2S. The molecule has 26 heavy (non-hydrogen) atoms. The van der Waals surface area contributed by atoms with Crippen molar-refractivity contribution in [2.24, 2.45) is 5.92 Å². The van der Waals surface area contributed by atoms with E-state index in [1.54, 1.807) is 0 Å². The van der Waals surface area contributed by atoms with E-state index in [1.165, 1.54) is 6.33 Å². The molecule has 1 fully saturated rings. The summed E-state index contributed by atoms with van der Waals surface area (Å²) in [5, 5.41) is 4.11. The van der Waals surface area contributed by atoms with Crippen LogP contribution in [0.1, 0.15) is 18.4 Å². The van der Waals surface area contributed by atoms with Gasteiger partial charge in [0.2, 0.25) is 0 Å². The number of anilines is 1. The predicted octanol–water partition coefficient (Wildman–Crippen LogP) is 2.91. The second-order valence-electron chi connectivity index (χ2n) is 6.42. The van der Waals surface area contributed by atoms with E-state index in [0.29, 0.717) is 29.5 Å². The van der Waals surface area contributed by atoms with E-state index in [1.807, 2.05) is 25.1 Å². The van der Waals surface area contributed by atoms with Gasteiger partial charge in [0, 0.05) is 25.0 Å². The minimum Gasteiger partial charge on any atom is -0.369 e. The highest BCUT2D eigenvalue weighted by atomic mass is 32.2. The van der Waals surface area contributed by atoms with Crippen molar-refractivity contribution in [3.05, 3.63) is 30.1 Å². The van der Waals surface area contributed by atoms with Crippen LogP contribution in [0.4, 0.5) is 19.0 Å². The molecule has 0 amide bonds. The third-order valence-electron chi connectivity index (χ3n) is 4.55. The Morgan fingerprint density at radius 2 is 1.92 bits per heavy atom. The Labute approximate surface area is 149 Å². The Balaban J connectivity index is 1.62. The topological polar surface area (TPSA) is 75.2 Å². The van der Waals surface area contributed by atoms with E-state index in [-0.39, 0.29) is 19.0 Å². The van der Waals surface area contributed by atoms with Crippen molar-refractivity contribution in [3.63, 3.8) is 0 Å². The lowest BCUT2D eigenvalue weighted by atomic mass is 9.98. The minimum atomic E-state index is -5.24. The number of sulfonamides is 1. The van der Waals surface area contributed by atoms with E-state index in [4.69, 9.17) is 0 Å². The number of nitrogens with one attached hydrogen (secondary N) is 1. The van der Waals surface area contributed by atoms with Crippen molar-refractivity contribution in [2.45, 2.75) is 25.3 Å². The highest BCUT2D eigenvalue weighted by Gasteiger charge is 2.50. The highest BCUT2D eigenvalue weighted by molar-refractivity contribution is 7.90. The number of piperidine rings is 1. The van der Waals surface area contributed by atoms with Crippen LogP contribution in [0.25, 0.3) is 10.9 Å². The van der Waals surface area contributed by atoms with Gasteiger partial charge in [0.15, 0.2) is 0 Å². The number of nitrogens with zero attached hydrogens (tertiary/aromatic N) is 3. The zero-order chi connectivity index (χ0) is 18.9. The van der Waals surface area contributed by atoms with E-state index >= 15 is 0 Å². The molecule has 1 aliphatic heterocycles. The van der Waals surface area contributed by atoms with Crippen molar-refractivity contribution in [3.8, 4) is 0 Å². The fourth-order valence-electron chi connectivity index (χ4n) is 3.05. The highest BCUT2D eigenvalue weighted by Crippen LogP contribution is 2.30. The van der Waals surface area contributed by atoms with Gasteiger partial charge < -0.3 is 5.32 Å². The largest absolute Gasteiger partial charge is 0.511 e. The summed E-state index contributed by atoms with van der Waals surface area (Å²) in [4.78, 5) is 8.45. The molecule has 3 rings (SSSR count). The summed E-state index contributed by atoms with van der Waals surface area (Å²) in [6.45, 7) is 2.22. The van der Waals surface area contributed by atoms with Gasteiger partial charge in [-0.05, 0) is 37.8 Å². The van der Waals surface area contributed by atoms with E-state index in [9.17, 15) is 21.6 Å². The normalized spacial score (nSPS) is 17.5. The summed E-state index contributed by atoms with van der Waals surface area (Å²) in [5.74, 6) is 0.744. The fourth-order valence-corrected chi connectivity index (χ4v) is 4.04. The zero-order valence-electron chi connectivity index (χ0n) is 14.1. The van der Waals surface area contributed by atoms with Gasteiger partial charge in [-0.1, -0.05) is 11.6 Å². The maximum absolute atomic E-state index is 12.6. The van der Waals surface area contributed by atoms with Crippen LogP contribution in [0.15, 0.2) is 24.5 Å². The number of benzene rings is 1. The van der Waals surface area contributed by atoms with Crippen molar-refractivity contribution >= 4 is 26.7 Å². The van der Waals surface area contributed by atoms with Crippen LogP contribution in [0.2, 0.25) is 0 Å². The molecule has 142 valence electrons. The van der Waals surface area contributed by atoms with E-state index in [0.717, 1.165) is 16.5 Å². The summed E-state index contributed by atoms with van der Waals surface area (Å²) in [6.07, 6.45) is 2.19. The first-order valence-corrected chi connectivity index (χ1v) is 9.64. The van der Waals surface area contributed by atoms with Gasteiger partial charge in [-0.3, -0.25) is 0 Å². The molecule has 1 aromatic carbocycles. The Bertz CT molecular complexity index is 894. The smallest absolute Gasteiger partial charge is 0.369 e. The molecule has 2 aromatic rings. The van der Waals surface area contributed by atoms with Crippen molar-refractivity contribution in [1.29, 1.82) is 0 Å². The predicted molar refractivity (Wildman–Crippen MR) is 92.0 cm³/mol. The molecular weight excluding hydrogens is 369 g/mol. The molecule has 1 N–H and O–H groups in total. The standard InChI is InChI=1S/C16H19F3N4O2S/c1-11-2-3-14-13(8-11)15(22-10-21-14)20-9-12-4-6-23(7-5-12)26(24,25)16(17,18)19/h2-3,8,10,12H,4-7,9H2,1H3,(H,20,21,22). The Morgan fingerprint density at radius 1 is 1.23 bits per heavy atom. The summed E-state index contributed by atoms with van der Waals surface area (Å²) in [7, 11) is -5.23. The Kier molecular flexibility index (Phi) is 5.07. The maximum Gasteiger partial charge on any atom is 0.511 e. The number of rotatable bonds is 4. The third-order valence-corrected chi connectivity index (χ3v) is 6.18. The molecule has 0 saturated carbocycles. The SMILES string of the molecule is Cc1ccc2ncnc(NCC3CCN(S(=O)(=O)C(F)(F)F)CC3)c2c1. The number of hydrogen-bond acceptors (Lipinski definition) is 5. The molecule has 10 heteroatoms. The summed E-state index contributed by atoms with van der Waals surface area (Å²) >= 11 is 0. The van der Waals surface area contributed by atoms with Crippen LogP contribution in [0, 0.1) is 12.8 Å². The van der Waals surface area contributed by atoms with Gasteiger partial charge in [0.1, 0.15) is 12.1 Å². The van der Waals surface area contributed by atoms with Crippen molar-refractivity contribution in [1.82, 2.24) is 14.3 Å². The van der Waals surface area contributed by atoms with Crippen LogP contribution in [-0.4, -0.2) is 47.8 Å². The second-order valence-corrected chi connectivity index (χ2v) is 8.35. The van der Waals surface area contributed by atoms with Gasteiger partial charge >= 0.3 is 15.5 Å². The summed E-state index contributed by atoms with van der Waals surface area (Å²) in [5.41, 5.74) is -3.37. The van der Waals surface area contributed by atoms with E-state index < -0.39 is 15.5 Å².